The van der Waals surface area contributed by atoms with Crippen LogP contribution in [0.25, 0.3) is 0 Å². The van der Waals surface area contributed by atoms with Gasteiger partial charge < -0.3 is 9.47 Å². The van der Waals surface area contributed by atoms with Gasteiger partial charge >= 0.3 is 0 Å². The SMILES string of the molecule is N#Cc1c(Cl)cccc1OCCc1ccc2c(c1)CCO2. The lowest BCUT2D eigenvalue weighted by atomic mass is 10.1. The first kappa shape index (κ1) is 13.8. The highest BCUT2D eigenvalue weighted by Gasteiger charge is 2.12. The molecule has 1 aliphatic heterocycles. The first-order valence-corrected chi connectivity index (χ1v) is 7.22. The maximum absolute atomic E-state index is 9.09. The highest BCUT2D eigenvalue weighted by atomic mass is 35.5. The van der Waals surface area contributed by atoms with Crippen molar-refractivity contribution in [3.63, 3.8) is 0 Å². The zero-order valence-corrected chi connectivity index (χ0v) is 12.2. The van der Waals surface area contributed by atoms with E-state index in [9.17, 15) is 0 Å². The van der Waals surface area contributed by atoms with Crippen molar-refractivity contribution in [3.8, 4) is 17.6 Å². The molecule has 0 spiro atoms. The van der Waals surface area contributed by atoms with Crippen LogP contribution >= 0.6 is 11.6 Å². The minimum absolute atomic E-state index is 0.390. The topological polar surface area (TPSA) is 42.2 Å². The molecule has 0 bridgehead atoms. The lowest BCUT2D eigenvalue weighted by Crippen LogP contribution is -2.03. The molecule has 0 unspecified atom stereocenters. The number of halogens is 1. The molecule has 106 valence electrons. The minimum Gasteiger partial charge on any atom is -0.493 e. The maximum Gasteiger partial charge on any atom is 0.138 e. The van der Waals surface area contributed by atoms with Crippen LogP contribution in [0, 0.1) is 11.3 Å². The van der Waals surface area contributed by atoms with Crippen molar-refractivity contribution in [2.75, 3.05) is 13.2 Å². The van der Waals surface area contributed by atoms with Crippen LogP contribution in [0.15, 0.2) is 36.4 Å². The van der Waals surface area contributed by atoms with Crippen molar-refractivity contribution in [1.29, 1.82) is 5.26 Å². The molecule has 0 aliphatic carbocycles. The van der Waals surface area contributed by atoms with E-state index in [0.29, 0.717) is 22.9 Å². The number of nitrogens with zero attached hydrogens (tertiary/aromatic N) is 1. The summed E-state index contributed by atoms with van der Waals surface area (Å²) in [5.41, 5.74) is 2.86. The van der Waals surface area contributed by atoms with E-state index in [2.05, 4.69) is 18.2 Å². The standard InChI is InChI=1S/C17H14ClNO2/c18-15-2-1-3-17(14(15)11-19)21-8-6-12-4-5-16-13(10-12)7-9-20-16/h1-5,10H,6-9H2. The van der Waals surface area contributed by atoms with Crippen molar-refractivity contribution < 1.29 is 9.47 Å². The maximum atomic E-state index is 9.09. The number of benzene rings is 2. The molecule has 3 nitrogen and oxygen atoms in total. The van der Waals surface area contributed by atoms with Crippen molar-refractivity contribution in [2.24, 2.45) is 0 Å². The van der Waals surface area contributed by atoms with Crippen molar-refractivity contribution >= 4 is 11.6 Å². The fourth-order valence-corrected chi connectivity index (χ4v) is 2.62. The summed E-state index contributed by atoms with van der Waals surface area (Å²) < 4.78 is 11.2. The Morgan fingerprint density at radius 2 is 2.19 bits per heavy atom. The first-order chi connectivity index (χ1) is 10.3. The van der Waals surface area contributed by atoms with Crippen LogP contribution in [0.2, 0.25) is 5.02 Å². The molecule has 2 aromatic rings. The van der Waals surface area contributed by atoms with E-state index >= 15 is 0 Å². The van der Waals surface area contributed by atoms with Gasteiger partial charge in [-0.3, -0.25) is 0 Å². The summed E-state index contributed by atoms with van der Waals surface area (Å²) in [7, 11) is 0. The molecule has 0 radical (unpaired) electrons. The average molecular weight is 300 g/mol. The van der Waals surface area contributed by atoms with Gasteiger partial charge in [0.2, 0.25) is 0 Å². The van der Waals surface area contributed by atoms with Gasteiger partial charge in [-0.15, -0.1) is 0 Å². The molecule has 0 N–H and O–H groups in total. The largest absolute Gasteiger partial charge is 0.493 e. The second-order valence-electron chi connectivity index (χ2n) is 4.86. The van der Waals surface area contributed by atoms with Gasteiger partial charge in [-0.2, -0.15) is 5.26 Å². The predicted molar refractivity (Wildman–Crippen MR) is 81.0 cm³/mol. The van der Waals surface area contributed by atoms with Crippen molar-refractivity contribution in [1.82, 2.24) is 0 Å². The highest BCUT2D eigenvalue weighted by molar-refractivity contribution is 6.31. The van der Waals surface area contributed by atoms with Crippen LogP contribution < -0.4 is 9.47 Å². The molecule has 21 heavy (non-hydrogen) atoms. The average Bonchev–Trinajstić information content (AvgIpc) is 2.95. The molecule has 3 rings (SSSR count). The molecule has 0 saturated carbocycles. The van der Waals surface area contributed by atoms with Crippen LogP contribution in [0.3, 0.4) is 0 Å². The number of fused-ring (bicyclic) bond motifs is 1. The van der Waals surface area contributed by atoms with Gasteiger partial charge in [0.25, 0.3) is 0 Å². The summed E-state index contributed by atoms with van der Waals surface area (Å²) in [6.45, 7) is 1.28. The van der Waals surface area contributed by atoms with Crippen LogP contribution in [0.5, 0.6) is 11.5 Å². The van der Waals surface area contributed by atoms with Gasteiger partial charge in [-0.1, -0.05) is 29.8 Å². The number of hydrogen-bond donors (Lipinski definition) is 0. The van der Waals surface area contributed by atoms with Gasteiger partial charge in [-0.25, -0.2) is 0 Å². The summed E-state index contributed by atoms with van der Waals surface area (Å²) in [6.07, 6.45) is 1.75. The Hall–Kier alpha value is -2.18. The zero-order valence-electron chi connectivity index (χ0n) is 11.4. The molecule has 0 aromatic heterocycles. The van der Waals surface area contributed by atoms with E-state index in [4.69, 9.17) is 26.3 Å². The molecule has 1 heterocycles. The van der Waals surface area contributed by atoms with Gasteiger partial charge in [0.15, 0.2) is 0 Å². The van der Waals surface area contributed by atoms with Crippen LogP contribution in [0.1, 0.15) is 16.7 Å². The van der Waals surface area contributed by atoms with Crippen molar-refractivity contribution in [2.45, 2.75) is 12.8 Å². The van der Waals surface area contributed by atoms with E-state index in [1.165, 1.54) is 11.1 Å². The number of hydrogen-bond acceptors (Lipinski definition) is 3. The molecule has 0 saturated heterocycles. The highest BCUT2D eigenvalue weighted by Crippen LogP contribution is 2.27. The van der Waals surface area contributed by atoms with E-state index in [0.717, 1.165) is 25.2 Å². The first-order valence-electron chi connectivity index (χ1n) is 6.84. The summed E-state index contributed by atoms with van der Waals surface area (Å²) >= 11 is 5.97. The molecule has 1 aliphatic rings. The minimum atomic E-state index is 0.390. The molecule has 4 heteroatoms. The molecular weight excluding hydrogens is 286 g/mol. The van der Waals surface area contributed by atoms with Crippen LogP contribution in [0.4, 0.5) is 0 Å². The van der Waals surface area contributed by atoms with Gasteiger partial charge in [0.05, 0.1) is 18.2 Å². The van der Waals surface area contributed by atoms with Gasteiger partial charge in [-0.05, 0) is 29.3 Å². The second-order valence-corrected chi connectivity index (χ2v) is 5.27. The van der Waals surface area contributed by atoms with E-state index in [1.807, 2.05) is 6.07 Å². The fourth-order valence-electron chi connectivity index (χ4n) is 2.41. The third kappa shape index (κ3) is 2.96. The number of rotatable bonds is 4. The number of nitriles is 1. The molecule has 2 aromatic carbocycles. The summed E-state index contributed by atoms with van der Waals surface area (Å²) in [5.74, 6) is 1.52. The predicted octanol–water partition coefficient (Wildman–Crippen LogP) is 3.77. The lowest BCUT2D eigenvalue weighted by molar-refractivity contribution is 0.321. The van der Waals surface area contributed by atoms with Gasteiger partial charge in [0, 0.05) is 12.8 Å². The normalized spacial score (nSPS) is 12.4. The smallest absolute Gasteiger partial charge is 0.138 e. The monoisotopic (exact) mass is 299 g/mol. The fraction of sp³-hybridized carbons (Fsp3) is 0.235. The third-order valence-corrected chi connectivity index (χ3v) is 3.80. The molecule has 0 amide bonds. The lowest BCUT2D eigenvalue weighted by Gasteiger charge is -2.09. The zero-order chi connectivity index (χ0) is 14.7. The quantitative estimate of drug-likeness (QED) is 0.863. The summed E-state index contributed by atoms with van der Waals surface area (Å²) in [5, 5.41) is 9.51. The summed E-state index contributed by atoms with van der Waals surface area (Å²) in [4.78, 5) is 0. The Labute approximate surface area is 128 Å². The van der Waals surface area contributed by atoms with E-state index < -0.39 is 0 Å². The third-order valence-electron chi connectivity index (χ3n) is 3.49. The Bertz CT molecular complexity index is 706. The van der Waals surface area contributed by atoms with E-state index in [1.54, 1.807) is 18.2 Å². The molecular formula is C17H14ClNO2. The van der Waals surface area contributed by atoms with E-state index in [-0.39, 0.29) is 0 Å². The van der Waals surface area contributed by atoms with Gasteiger partial charge in [0.1, 0.15) is 23.1 Å². The molecule has 0 fully saturated rings. The summed E-state index contributed by atoms with van der Waals surface area (Å²) in [6, 6.07) is 13.5. The van der Waals surface area contributed by atoms with Crippen LogP contribution in [-0.2, 0) is 12.8 Å². The Kier molecular flexibility index (Phi) is 3.98. The Morgan fingerprint density at radius 1 is 1.29 bits per heavy atom. The molecule has 0 atom stereocenters. The van der Waals surface area contributed by atoms with Crippen molar-refractivity contribution in [3.05, 3.63) is 58.1 Å². The number of ether oxygens (including phenoxy) is 2. The van der Waals surface area contributed by atoms with Crippen LogP contribution in [-0.4, -0.2) is 13.2 Å². The Morgan fingerprint density at radius 3 is 3.05 bits per heavy atom. The second kappa shape index (κ2) is 6.07. The Balaban J connectivity index is 1.64.